The first-order valence-electron chi connectivity index (χ1n) is 27.9. The van der Waals surface area contributed by atoms with Gasteiger partial charge in [-0.1, -0.05) is 176 Å². The molecule has 5 aromatic heterocycles. The van der Waals surface area contributed by atoms with Crippen LogP contribution in [0.2, 0.25) is 0 Å². The molecule has 0 amide bonds. The van der Waals surface area contributed by atoms with Gasteiger partial charge >= 0.3 is 0 Å². The first kappa shape index (κ1) is 44.7. The van der Waals surface area contributed by atoms with E-state index in [0.29, 0.717) is 5.56 Å². The molecule has 0 bridgehead atoms. The molecule has 82 heavy (non-hydrogen) atoms. The van der Waals surface area contributed by atoms with Crippen molar-refractivity contribution in [3.8, 4) is 39.9 Å². The number of para-hydroxylation sites is 4. The second kappa shape index (κ2) is 16.9. The number of hydrogen-bond donors (Lipinski definition) is 0. The molecule has 0 atom stereocenters. The molecule has 0 unspecified atom stereocenters. The van der Waals surface area contributed by atoms with Crippen LogP contribution in [0.5, 0.6) is 0 Å². The predicted octanol–water partition coefficient (Wildman–Crippen LogP) is 19.6. The van der Waals surface area contributed by atoms with Crippen LogP contribution < -0.4 is 0 Å². The number of nitrogens with zero attached hydrogens (tertiary/aromatic N) is 6. The van der Waals surface area contributed by atoms with Gasteiger partial charge in [-0.2, -0.15) is 5.26 Å². The Balaban J connectivity index is 1.21. The molecule has 0 fully saturated rings. The molecular formula is C76H44N6. The average molecular weight is 1040 g/mol. The fraction of sp³-hybridized carbons (Fsp3) is 0. The van der Waals surface area contributed by atoms with Gasteiger partial charge in [0.25, 0.3) is 0 Å². The van der Waals surface area contributed by atoms with Gasteiger partial charge < -0.3 is 18.3 Å². The Morgan fingerprint density at radius 3 is 0.890 bits per heavy atom. The molecule has 18 aromatic rings. The van der Waals surface area contributed by atoms with Crippen molar-refractivity contribution in [2.24, 2.45) is 0 Å². The third kappa shape index (κ3) is 6.14. The van der Waals surface area contributed by atoms with E-state index in [1.165, 1.54) is 0 Å². The van der Waals surface area contributed by atoms with Gasteiger partial charge in [-0.25, -0.2) is 0 Å². The zero-order valence-electron chi connectivity index (χ0n) is 44.1. The van der Waals surface area contributed by atoms with E-state index in [0.717, 1.165) is 164 Å². The lowest BCUT2D eigenvalue weighted by molar-refractivity contribution is 1.02. The first-order valence-corrected chi connectivity index (χ1v) is 27.9. The van der Waals surface area contributed by atoms with Crippen molar-refractivity contribution < 1.29 is 0 Å². The van der Waals surface area contributed by atoms with Crippen molar-refractivity contribution in [1.29, 1.82) is 5.26 Å². The minimum absolute atomic E-state index is 0.516. The monoisotopic (exact) mass is 1040 g/mol. The lowest BCUT2D eigenvalue weighted by Gasteiger charge is -2.29. The highest BCUT2D eigenvalue weighted by Crippen LogP contribution is 2.52. The summed E-state index contributed by atoms with van der Waals surface area (Å²) in [5, 5.41) is 30.9. The topological polar surface area (TPSA) is 56.4 Å². The quantitative estimate of drug-likeness (QED) is 0.172. The van der Waals surface area contributed by atoms with E-state index in [2.05, 4.69) is 273 Å². The van der Waals surface area contributed by atoms with E-state index in [1.54, 1.807) is 0 Å². The largest absolute Gasteiger partial charge is 0.306 e. The molecule has 0 saturated carbocycles. The molecule has 0 radical (unpaired) electrons. The molecule has 0 saturated heterocycles. The maximum Gasteiger partial charge on any atom is 0.102 e. The number of benzene rings is 13. The van der Waals surface area contributed by atoms with Crippen molar-refractivity contribution in [2.75, 3.05) is 0 Å². The van der Waals surface area contributed by atoms with Crippen LogP contribution in [-0.2, 0) is 0 Å². The maximum absolute atomic E-state index is 12.9. The summed E-state index contributed by atoms with van der Waals surface area (Å²) in [6, 6.07) is 95.9. The van der Waals surface area contributed by atoms with E-state index in [9.17, 15) is 5.26 Å². The summed E-state index contributed by atoms with van der Waals surface area (Å²) in [5.41, 5.74) is 13.6. The fourth-order valence-electron chi connectivity index (χ4n) is 14.0. The second-order valence-electron chi connectivity index (χ2n) is 21.8. The Morgan fingerprint density at radius 1 is 0.268 bits per heavy atom. The first-order chi connectivity index (χ1) is 40.7. The predicted molar refractivity (Wildman–Crippen MR) is 342 cm³/mol. The standard InChI is InChI=1S/C76H44N6/c77-44-63-72(54-26-17-35-78-45-54)74(80-65-32-14-10-28-56(65)60-37-47-19-2-6-23-51(47)41-69(60)80)76(82-67-34-16-12-30-58(67)62-39-49-21-4-8-25-53(49)43-71(62)82)75(81-66-33-15-11-29-57(66)61-38-48-20-3-7-24-52(48)42-70(61)81)73(63)79-64-31-13-9-27-55(64)59-36-46-18-1-5-22-50(46)40-68(59)79/h1-43,45H. The van der Waals surface area contributed by atoms with Crippen LogP contribution in [-0.4, -0.2) is 23.3 Å². The number of rotatable bonds is 5. The molecule has 0 aliphatic heterocycles. The minimum Gasteiger partial charge on any atom is -0.306 e. The van der Waals surface area contributed by atoms with Crippen LogP contribution >= 0.6 is 0 Å². The van der Waals surface area contributed by atoms with Crippen molar-refractivity contribution in [1.82, 2.24) is 23.3 Å². The molecule has 378 valence electrons. The Kier molecular flexibility index (Phi) is 9.20. The third-order valence-corrected chi connectivity index (χ3v) is 17.5. The molecule has 13 aromatic carbocycles. The van der Waals surface area contributed by atoms with Gasteiger partial charge in [0.2, 0.25) is 0 Å². The summed E-state index contributed by atoms with van der Waals surface area (Å²) in [6.07, 6.45) is 3.78. The average Bonchev–Trinajstić information content (AvgIpc) is 2.23. The van der Waals surface area contributed by atoms with Crippen LogP contribution in [0.3, 0.4) is 0 Å². The number of fused-ring (bicyclic) bond motifs is 16. The highest BCUT2D eigenvalue weighted by atomic mass is 15.1. The van der Waals surface area contributed by atoms with Gasteiger partial charge in [-0.15, -0.1) is 0 Å². The molecule has 0 aliphatic rings. The van der Waals surface area contributed by atoms with Crippen molar-refractivity contribution in [3.05, 3.63) is 273 Å². The van der Waals surface area contributed by atoms with Gasteiger partial charge in [0, 0.05) is 66.6 Å². The van der Waals surface area contributed by atoms with Gasteiger partial charge in [0.1, 0.15) is 6.07 Å². The van der Waals surface area contributed by atoms with Crippen LogP contribution in [0.25, 0.3) is 164 Å². The molecule has 6 heteroatoms. The van der Waals surface area contributed by atoms with E-state index >= 15 is 0 Å². The smallest absolute Gasteiger partial charge is 0.102 e. The molecule has 0 N–H and O–H groups in total. The summed E-state index contributed by atoms with van der Waals surface area (Å²) in [6.45, 7) is 0. The number of hydrogen-bond acceptors (Lipinski definition) is 2. The van der Waals surface area contributed by atoms with Gasteiger partial charge in [-0.3, -0.25) is 4.98 Å². The summed E-state index contributed by atoms with van der Waals surface area (Å²) in [4.78, 5) is 4.92. The third-order valence-electron chi connectivity index (χ3n) is 17.5. The van der Waals surface area contributed by atoms with Gasteiger partial charge in [0.05, 0.1) is 72.4 Å². The van der Waals surface area contributed by atoms with Crippen LogP contribution in [0.15, 0.2) is 267 Å². The highest BCUT2D eigenvalue weighted by Gasteiger charge is 2.35. The van der Waals surface area contributed by atoms with E-state index in [1.807, 2.05) is 18.5 Å². The SMILES string of the molecule is N#Cc1c(-c2cccnc2)c(-n2c3ccccc3c3cc4ccccc4cc32)c(-n2c3ccccc3c3cc4ccccc4cc32)c(-n2c3ccccc3c3cc4ccccc4cc32)c1-n1c2ccccc2c2cc3ccccc3cc21. The Morgan fingerprint density at radius 2 is 0.561 bits per heavy atom. The number of aromatic nitrogens is 5. The van der Waals surface area contributed by atoms with Crippen molar-refractivity contribution in [3.63, 3.8) is 0 Å². The van der Waals surface area contributed by atoms with Crippen LogP contribution in [0.4, 0.5) is 0 Å². The van der Waals surface area contributed by atoms with E-state index in [-0.39, 0.29) is 0 Å². The summed E-state index contributed by atoms with van der Waals surface area (Å²) in [5.74, 6) is 0. The Labute approximate surface area is 469 Å². The van der Waals surface area contributed by atoms with Crippen LogP contribution in [0.1, 0.15) is 5.56 Å². The zero-order valence-corrected chi connectivity index (χ0v) is 44.1. The van der Waals surface area contributed by atoms with Gasteiger partial charge in [0.15, 0.2) is 0 Å². The number of pyridine rings is 1. The van der Waals surface area contributed by atoms with Crippen LogP contribution in [0, 0.1) is 11.3 Å². The molecular weight excluding hydrogens is 997 g/mol. The Hall–Kier alpha value is -11.3. The summed E-state index contributed by atoms with van der Waals surface area (Å²) >= 11 is 0. The molecule has 0 aliphatic carbocycles. The lowest BCUT2D eigenvalue weighted by atomic mass is 9.93. The molecule has 6 nitrogen and oxygen atoms in total. The van der Waals surface area contributed by atoms with Gasteiger partial charge in [-0.05, 0) is 122 Å². The Bertz CT molecular complexity index is 5840. The van der Waals surface area contributed by atoms with Crippen molar-refractivity contribution >= 4 is 130 Å². The molecule has 5 heterocycles. The minimum atomic E-state index is 0.516. The van der Waals surface area contributed by atoms with E-state index in [4.69, 9.17) is 4.98 Å². The summed E-state index contributed by atoms with van der Waals surface area (Å²) < 4.78 is 9.94. The normalized spacial score (nSPS) is 12.1. The molecule has 0 spiro atoms. The highest BCUT2D eigenvalue weighted by molar-refractivity contribution is 6.21. The van der Waals surface area contributed by atoms with E-state index < -0.39 is 0 Å². The zero-order chi connectivity index (χ0) is 53.7. The maximum atomic E-state index is 12.9. The lowest BCUT2D eigenvalue weighted by Crippen LogP contribution is -2.17. The molecule has 18 rings (SSSR count). The van der Waals surface area contributed by atoms with Crippen molar-refractivity contribution in [2.45, 2.75) is 0 Å². The fourth-order valence-corrected chi connectivity index (χ4v) is 14.0. The second-order valence-corrected chi connectivity index (χ2v) is 21.8. The number of nitriles is 1. The summed E-state index contributed by atoms with van der Waals surface area (Å²) in [7, 11) is 0.